The third-order valence-corrected chi connectivity index (χ3v) is 3.03. The molecule has 0 bridgehead atoms. The molecule has 4 nitrogen and oxygen atoms in total. The third-order valence-electron chi connectivity index (χ3n) is 3.03. The van der Waals surface area contributed by atoms with Crippen LogP contribution in [0.15, 0.2) is 24.4 Å². The summed E-state index contributed by atoms with van der Waals surface area (Å²) in [4.78, 5) is 0. The molecule has 1 heterocycles. The number of anilines is 1. The molecular weight excluding hydrogens is 214 g/mol. The number of nitrogens with zero attached hydrogens (tertiary/aromatic N) is 2. The van der Waals surface area contributed by atoms with E-state index in [1.807, 2.05) is 32.0 Å². The average molecular weight is 231 g/mol. The average Bonchev–Trinajstić information content (AvgIpc) is 2.59. The number of aryl methyl sites for hydroxylation is 3. The molecule has 3 N–H and O–H groups in total. The van der Waals surface area contributed by atoms with E-state index in [0.29, 0.717) is 11.4 Å². The molecule has 1 unspecified atom stereocenters. The van der Waals surface area contributed by atoms with Crippen molar-refractivity contribution >= 4 is 5.82 Å². The fourth-order valence-electron chi connectivity index (χ4n) is 1.97. The lowest BCUT2D eigenvalue weighted by Crippen LogP contribution is -2.06. The van der Waals surface area contributed by atoms with E-state index in [9.17, 15) is 5.11 Å². The van der Waals surface area contributed by atoms with Gasteiger partial charge in [0.2, 0.25) is 0 Å². The van der Waals surface area contributed by atoms with E-state index in [0.717, 1.165) is 11.1 Å². The van der Waals surface area contributed by atoms with E-state index < -0.39 is 6.10 Å². The lowest BCUT2D eigenvalue weighted by atomic mass is 9.97. The predicted octanol–water partition coefficient (Wildman–Crippen LogP) is 1.70. The zero-order valence-electron chi connectivity index (χ0n) is 10.3. The molecule has 0 saturated carbocycles. The molecule has 1 aromatic carbocycles. The maximum absolute atomic E-state index is 10.3. The molecule has 2 rings (SSSR count). The van der Waals surface area contributed by atoms with Crippen molar-refractivity contribution in [2.75, 3.05) is 5.73 Å². The number of aromatic nitrogens is 2. The van der Waals surface area contributed by atoms with Crippen molar-refractivity contribution < 1.29 is 5.11 Å². The summed E-state index contributed by atoms with van der Waals surface area (Å²) < 4.78 is 1.56. The largest absolute Gasteiger partial charge is 0.384 e. The smallest absolute Gasteiger partial charge is 0.127 e. The Kier molecular flexibility index (Phi) is 2.90. The maximum Gasteiger partial charge on any atom is 0.127 e. The van der Waals surface area contributed by atoms with Gasteiger partial charge in [0.25, 0.3) is 0 Å². The summed E-state index contributed by atoms with van der Waals surface area (Å²) in [6.45, 7) is 4.01. The van der Waals surface area contributed by atoms with Gasteiger partial charge in [-0.05, 0) is 25.0 Å². The maximum atomic E-state index is 10.3. The summed E-state index contributed by atoms with van der Waals surface area (Å²) in [5.41, 5.74) is 9.62. The SMILES string of the molecule is Cc1ccc(C(O)c2cnn(C)c2N)c(C)c1. The number of hydrogen-bond donors (Lipinski definition) is 2. The number of aliphatic hydroxyl groups is 1. The second-order valence-electron chi connectivity index (χ2n) is 4.37. The Hall–Kier alpha value is -1.81. The van der Waals surface area contributed by atoms with Gasteiger partial charge in [-0.25, -0.2) is 0 Å². The minimum absolute atomic E-state index is 0.498. The van der Waals surface area contributed by atoms with Gasteiger partial charge in [-0.3, -0.25) is 4.68 Å². The molecule has 1 atom stereocenters. The Bertz CT molecular complexity index is 546. The number of hydrogen-bond acceptors (Lipinski definition) is 3. The molecule has 2 aromatic rings. The quantitative estimate of drug-likeness (QED) is 0.826. The zero-order chi connectivity index (χ0) is 12.6. The van der Waals surface area contributed by atoms with E-state index in [-0.39, 0.29) is 0 Å². The fourth-order valence-corrected chi connectivity index (χ4v) is 1.97. The van der Waals surface area contributed by atoms with Crippen molar-refractivity contribution in [3.05, 3.63) is 46.6 Å². The van der Waals surface area contributed by atoms with Gasteiger partial charge in [-0.15, -0.1) is 0 Å². The van der Waals surface area contributed by atoms with E-state index in [1.54, 1.807) is 17.9 Å². The Morgan fingerprint density at radius 1 is 1.29 bits per heavy atom. The molecule has 0 fully saturated rings. The second-order valence-corrected chi connectivity index (χ2v) is 4.37. The van der Waals surface area contributed by atoms with Gasteiger partial charge in [0.05, 0.1) is 6.20 Å². The predicted molar refractivity (Wildman–Crippen MR) is 67.6 cm³/mol. The first-order valence-electron chi connectivity index (χ1n) is 5.53. The van der Waals surface area contributed by atoms with Crippen molar-refractivity contribution in [2.24, 2.45) is 7.05 Å². The van der Waals surface area contributed by atoms with Crippen molar-refractivity contribution in [3.63, 3.8) is 0 Å². The molecule has 0 aliphatic heterocycles. The van der Waals surface area contributed by atoms with Crippen LogP contribution in [0.4, 0.5) is 5.82 Å². The van der Waals surface area contributed by atoms with Gasteiger partial charge in [0.15, 0.2) is 0 Å². The van der Waals surface area contributed by atoms with Crippen LogP contribution in [0.3, 0.4) is 0 Å². The highest BCUT2D eigenvalue weighted by Crippen LogP contribution is 2.28. The molecular formula is C13H17N3O. The first-order valence-corrected chi connectivity index (χ1v) is 5.53. The van der Waals surface area contributed by atoms with Gasteiger partial charge in [0, 0.05) is 12.6 Å². The highest BCUT2D eigenvalue weighted by Gasteiger charge is 2.18. The number of nitrogens with two attached hydrogens (primary N) is 1. The van der Waals surface area contributed by atoms with Crippen molar-refractivity contribution in [1.29, 1.82) is 0 Å². The van der Waals surface area contributed by atoms with E-state index in [1.165, 1.54) is 5.56 Å². The van der Waals surface area contributed by atoms with Crippen molar-refractivity contribution in [2.45, 2.75) is 20.0 Å². The van der Waals surface area contributed by atoms with E-state index >= 15 is 0 Å². The topological polar surface area (TPSA) is 64.1 Å². The van der Waals surface area contributed by atoms with Gasteiger partial charge >= 0.3 is 0 Å². The fraction of sp³-hybridized carbons (Fsp3) is 0.308. The van der Waals surface area contributed by atoms with Crippen LogP contribution < -0.4 is 5.73 Å². The number of rotatable bonds is 2. The molecule has 0 aliphatic rings. The number of aliphatic hydroxyl groups excluding tert-OH is 1. The zero-order valence-corrected chi connectivity index (χ0v) is 10.3. The molecule has 17 heavy (non-hydrogen) atoms. The lowest BCUT2D eigenvalue weighted by Gasteiger charge is -2.13. The van der Waals surface area contributed by atoms with Gasteiger partial charge in [-0.1, -0.05) is 23.8 Å². The van der Waals surface area contributed by atoms with Crippen molar-refractivity contribution in [3.8, 4) is 0 Å². The minimum Gasteiger partial charge on any atom is -0.384 e. The Morgan fingerprint density at radius 3 is 2.53 bits per heavy atom. The molecule has 0 radical (unpaired) electrons. The number of nitrogen functional groups attached to an aromatic ring is 1. The number of benzene rings is 1. The van der Waals surface area contributed by atoms with Crippen LogP contribution in [0.5, 0.6) is 0 Å². The summed E-state index contributed by atoms with van der Waals surface area (Å²) in [7, 11) is 1.76. The van der Waals surface area contributed by atoms with Crippen LogP contribution in [-0.2, 0) is 7.05 Å². The summed E-state index contributed by atoms with van der Waals surface area (Å²) in [6, 6.07) is 5.96. The van der Waals surface area contributed by atoms with Crippen LogP contribution in [0, 0.1) is 13.8 Å². The minimum atomic E-state index is -0.718. The first kappa shape index (κ1) is 11.7. The van der Waals surface area contributed by atoms with Crippen LogP contribution >= 0.6 is 0 Å². The van der Waals surface area contributed by atoms with Crippen LogP contribution in [0.25, 0.3) is 0 Å². The molecule has 0 spiro atoms. The Balaban J connectivity index is 2.43. The second kappa shape index (κ2) is 4.22. The highest BCUT2D eigenvalue weighted by atomic mass is 16.3. The molecule has 0 saturated heterocycles. The normalized spacial score (nSPS) is 12.7. The lowest BCUT2D eigenvalue weighted by molar-refractivity contribution is 0.220. The van der Waals surface area contributed by atoms with Gasteiger partial charge < -0.3 is 10.8 Å². The van der Waals surface area contributed by atoms with Gasteiger partial charge in [0.1, 0.15) is 11.9 Å². The Morgan fingerprint density at radius 2 is 2.00 bits per heavy atom. The monoisotopic (exact) mass is 231 g/mol. The summed E-state index contributed by atoms with van der Waals surface area (Å²) in [5, 5.41) is 14.4. The third kappa shape index (κ3) is 2.03. The standard InChI is InChI=1S/C13H17N3O/c1-8-4-5-10(9(2)6-8)12(17)11-7-15-16(3)13(11)14/h4-7,12,17H,14H2,1-3H3. The molecule has 0 aliphatic carbocycles. The summed E-state index contributed by atoms with van der Waals surface area (Å²) in [5.74, 6) is 0.498. The van der Waals surface area contributed by atoms with Gasteiger partial charge in [-0.2, -0.15) is 5.10 Å². The molecule has 4 heteroatoms. The molecule has 1 aromatic heterocycles. The van der Waals surface area contributed by atoms with Crippen LogP contribution in [-0.4, -0.2) is 14.9 Å². The Labute approximate surface area is 101 Å². The summed E-state index contributed by atoms with van der Waals surface area (Å²) in [6.07, 6.45) is 0.892. The summed E-state index contributed by atoms with van der Waals surface area (Å²) >= 11 is 0. The van der Waals surface area contributed by atoms with E-state index in [2.05, 4.69) is 5.10 Å². The molecule has 0 amide bonds. The highest BCUT2D eigenvalue weighted by molar-refractivity contribution is 5.46. The van der Waals surface area contributed by atoms with Crippen LogP contribution in [0.2, 0.25) is 0 Å². The molecule has 90 valence electrons. The van der Waals surface area contributed by atoms with E-state index in [4.69, 9.17) is 5.73 Å². The van der Waals surface area contributed by atoms with Crippen LogP contribution in [0.1, 0.15) is 28.4 Å². The first-order chi connectivity index (χ1) is 8.00. The van der Waals surface area contributed by atoms with Crippen molar-refractivity contribution in [1.82, 2.24) is 9.78 Å².